The van der Waals surface area contributed by atoms with E-state index in [0.717, 1.165) is 17.8 Å². The number of carbonyl (C=O) groups excluding carboxylic acids is 3. The first-order valence-electron chi connectivity index (χ1n) is 8.54. The molecule has 0 saturated carbocycles. The molecule has 136 valence electrons. The molecule has 0 saturated heterocycles. The minimum Gasteiger partial charge on any atom is -0.296 e. The Morgan fingerprint density at radius 1 is 1.19 bits per heavy atom. The number of hydrogen-bond donors (Lipinski definition) is 1. The highest BCUT2D eigenvalue weighted by molar-refractivity contribution is 7.15. The third kappa shape index (κ3) is 3.50. The molecular weight excluding hydrogens is 352 g/mol. The van der Waals surface area contributed by atoms with Gasteiger partial charge in [-0.1, -0.05) is 32.1 Å². The van der Waals surface area contributed by atoms with E-state index in [9.17, 15) is 14.4 Å². The summed E-state index contributed by atoms with van der Waals surface area (Å²) in [6.45, 7) is 6.29. The molecule has 7 nitrogen and oxygen atoms in total. The number of anilines is 1. The molecule has 3 amide bonds. The Bertz CT molecular complexity index is 875. The fourth-order valence-corrected chi connectivity index (χ4v) is 3.59. The van der Waals surface area contributed by atoms with Gasteiger partial charge in [-0.3, -0.25) is 24.6 Å². The number of nitrogens with zero attached hydrogens (tertiary/aromatic N) is 3. The van der Waals surface area contributed by atoms with E-state index in [4.69, 9.17) is 0 Å². The Hall–Kier alpha value is -2.61. The molecule has 8 heteroatoms. The van der Waals surface area contributed by atoms with E-state index >= 15 is 0 Å². The van der Waals surface area contributed by atoms with Crippen molar-refractivity contribution in [3.05, 3.63) is 39.9 Å². The van der Waals surface area contributed by atoms with Crippen molar-refractivity contribution < 1.29 is 14.4 Å². The van der Waals surface area contributed by atoms with Gasteiger partial charge in [-0.25, -0.2) is 0 Å². The first-order chi connectivity index (χ1) is 12.4. The normalized spacial score (nSPS) is 13.5. The molecule has 1 aliphatic heterocycles. The van der Waals surface area contributed by atoms with Gasteiger partial charge in [0.05, 0.1) is 11.1 Å². The molecule has 0 fully saturated rings. The second-order valence-electron chi connectivity index (χ2n) is 6.58. The number of amides is 3. The second kappa shape index (κ2) is 7.33. The van der Waals surface area contributed by atoms with Crippen molar-refractivity contribution in [2.75, 3.05) is 11.9 Å². The molecule has 26 heavy (non-hydrogen) atoms. The van der Waals surface area contributed by atoms with Crippen LogP contribution in [0, 0.1) is 5.92 Å². The fraction of sp³-hybridized carbons (Fsp3) is 0.389. The van der Waals surface area contributed by atoms with Crippen molar-refractivity contribution in [3.8, 4) is 0 Å². The highest BCUT2D eigenvalue weighted by Crippen LogP contribution is 2.25. The molecule has 0 spiro atoms. The molecule has 2 heterocycles. The van der Waals surface area contributed by atoms with Gasteiger partial charge in [0.25, 0.3) is 17.7 Å². The van der Waals surface area contributed by atoms with Gasteiger partial charge in [-0.15, -0.1) is 10.2 Å². The molecular formula is C18H20N4O3S. The summed E-state index contributed by atoms with van der Waals surface area (Å²) in [5.74, 6) is -0.863. The van der Waals surface area contributed by atoms with Crippen molar-refractivity contribution in [3.63, 3.8) is 0 Å². The van der Waals surface area contributed by atoms with E-state index in [1.54, 1.807) is 6.07 Å². The van der Waals surface area contributed by atoms with E-state index < -0.39 is 0 Å². The van der Waals surface area contributed by atoms with Crippen molar-refractivity contribution in [1.82, 2.24) is 15.1 Å². The van der Waals surface area contributed by atoms with E-state index in [1.165, 1.54) is 28.4 Å². The Morgan fingerprint density at radius 3 is 2.62 bits per heavy atom. The van der Waals surface area contributed by atoms with Crippen LogP contribution in [-0.4, -0.2) is 39.4 Å². The third-order valence-electron chi connectivity index (χ3n) is 3.93. The maximum Gasteiger partial charge on any atom is 0.261 e. The lowest BCUT2D eigenvalue weighted by molar-refractivity contribution is 0.0636. The number of nitrogens with one attached hydrogen (secondary N) is 1. The van der Waals surface area contributed by atoms with Gasteiger partial charge in [0, 0.05) is 18.5 Å². The van der Waals surface area contributed by atoms with Crippen LogP contribution in [0.3, 0.4) is 0 Å². The smallest absolute Gasteiger partial charge is 0.261 e. The average Bonchev–Trinajstić information content (AvgIpc) is 3.13. The molecule has 1 aliphatic rings. The van der Waals surface area contributed by atoms with E-state index in [-0.39, 0.29) is 29.2 Å². The standard InChI is InChI=1S/C18H20N4O3S/c1-4-5-14-20-21-18(26-14)19-15(23)11-6-7-12-13(8-11)17(25)22(16(12)24)9-10(2)3/h6-8,10H,4-5,9H2,1-3H3,(H,19,21,23). The fourth-order valence-electron chi connectivity index (χ4n) is 2.75. The zero-order chi connectivity index (χ0) is 18.8. The lowest BCUT2D eigenvalue weighted by Gasteiger charge is -2.15. The minimum atomic E-state index is -0.380. The predicted molar refractivity (Wildman–Crippen MR) is 98.5 cm³/mol. The number of hydrogen-bond acceptors (Lipinski definition) is 6. The van der Waals surface area contributed by atoms with Crippen LogP contribution in [0.2, 0.25) is 0 Å². The van der Waals surface area contributed by atoms with Gasteiger partial charge in [-0.2, -0.15) is 0 Å². The number of carbonyl (C=O) groups is 3. The number of rotatable bonds is 6. The van der Waals surface area contributed by atoms with Gasteiger partial charge >= 0.3 is 0 Å². The van der Waals surface area contributed by atoms with Crippen LogP contribution in [0.25, 0.3) is 0 Å². The second-order valence-corrected chi connectivity index (χ2v) is 7.64. The highest BCUT2D eigenvalue weighted by atomic mass is 32.1. The molecule has 0 radical (unpaired) electrons. The monoisotopic (exact) mass is 372 g/mol. The Balaban J connectivity index is 1.79. The van der Waals surface area contributed by atoms with E-state index in [0.29, 0.717) is 22.8 Å². The van der Waals surface area contributed by atoms with Crippen LogP contribution in [0.1, 0.15) is 63.3 Å². The quantitative estimate of drug-likeness (QED) is 0.787. The lowest BCUT2D eigenvalue weighted by atomic mass is 10.1. The molecule has 0 unspecified atom stereocenters. The van der Waals surface area contributed by atoms with Crippen LogP contribution < -0.4 is 5.32 Å². The molecule has 2 aromatic rings. The summed E-state index contributed by atoms with van der Waals surface area (Å²) in [5.41, 5.74) is 0.920. The van der Waals surface area contributed by atoms with Crippen LogP contribution in [-0.2, 0) is 6.42 Å². The van der Waals surface area contributed by atoms with Gasteiger partial charge in [0.1, 0.15) is 5.01 Å². The SMILES string of the molecule is CCCc1nnc(NC(=O)c2ccc3c(c2)C(=O)N(CC(C)C)C3=O)s1. The summed E-state index contributed by atoms with van der Waals surface area (Å²) in [6, 6.07) is 4.55. The summed E-state index contributed by atoms with van der Waals surface area (Å²) in [6.07, 6.45) is 1.77. The zero-order valence-electron chi connectivity index (χ0n) is 14.9. The van der Waals surface area contributed by atoms with Gasteiger partial charge in [0.15, 0.2) is 0 Å². The molecule has 3 rings (SSSR count). The van der Waals surface area contributed by atoms with E-state index in [1.807, 2.05) is 20.8 Å². The molecule has 1 N–H and O–H groups in total. The van der Waals surface area contributed by atoms with Gasteiger partial charge < -0.3 is 0 Å². The van der Waals surface area contributed by atoms with Crippen LogP contribution in [0.4, 0.5) is 5.13 Å². The van der Waals surface area contributed by atoms with Crippen molar-refractivity contribution in [1.29, 1.82) is 0 Å². The first-order valence-corrected chi connectivity index (χ1v) is 9.36. The highest BCUT2D eigenvalue weighted by Gasteiger charge is 2.36. The zero-order valence-corrected chi connectivity index (χ0v) is 15.7. The maximum absolute atomic E-state index is 12.5. The summed E-state index contributed by atoms with van der Waals surface area (Å²) in [5, 5.41) is 11.9. The van der Waals surface area contributed by atoms with Crippen molar-refractivity contribution in [2.24, 2.45) is 5.92 Å². The molecule has 0 aliphatic carbocycles. The van der Waals surface area contributed by atoms with Crippen LogP contribution in [0.15, 0.2) is 18.2 Å². The third-order valence-corrected chi connectivity index (χ3v) is 4.83. The minimum absolute atomic E-state index is 0.176. The molecule has 0 bridgehead atoms. The molecule has 0 atom stereocenters. The van der Waals surface area contributed by atoms with E-state index in [2.05, 4.69) is 15.5 Å². The average molecular weight is 372 g/mol. The van der Waals surface area contributed by atoms with Crippen molar-refractivity contribution >= 4 is 34.2 Å². The van der Waals surface area contributed by atoms with Crippen LogP contribution >= 0.6 is 11.3 Å². The molecule has 1 aromatic carbocycles. The van der Waals surface area contributed by atoms with Crippen molar-refractivity contribution in [2.45, 2.75) is 33.6 Å². The first kappa shape index (κ1) is 18.2. The number of aromatic nitrogens is 2. The predicted octanol–water partition coefficient (Wildman–Crippen LogP) is 2.99. The summed E-state index contributed by atoms with van der Waals surface area (Å²) in [7, 11) is 0. The largest absolute Gasteiger partial charge is 0.296 e. The van der Waals surface area contributed by atoms with Crippen LogP contribution in [0.5, 0.6) is 0 Å². The number of aryl methyl sites for hydroxylation is 1. The summed E-state index contributed by atoms with van der Waals surface area (Å²) in [4.78, 5) is 38.6. The molecule has 1 aromatic heterocycles. The topological polar surface area (TPSA) is 92.3 Å². The number of imide groups is 1. The van der Waals surface area contributed by atoms with Gasteiger partial charge in [0.2, 0.25) is 5.13 Å². The lowest BCUT2D eigenvalue weighted by Crippen LogP contribution is -2.33. The van der Waals surface area contributed by atoms with Gasteiger partial charge in [-0.05, 0) is 30.5 Å². The Labute approximate surface area is 155 Å². The summed E-state index contributed by atoms with van der Waals surface area (Å²) >= 11 is 1.33. The summed E-state index contributed by atoms with van der Waals surface area (Å²) < 4.78 is 0. The Kier molecular flexibility index (Phi) is 5.13. The number of benzene rings is 1. The maximum atomic E-state index is 12.5. The Morgan fingerprint density at radius 2 is 1.92 bits per heavy atom. The number of fused-ring (bicyclic) bond motifs is 1.